The molecule has 0 atom stereocenters. The Hall–Kier alpha value is -2.16. The molecule has 0 unspecified atom stereocenters. The monoisotopic (exact) mass is 360 g/mol. The van der Waals surface area contributed by atoms with Gasteiger partial charge in [0.15, 0.2) is 11.6 Å². The number of carbonyl (C=O) groups is 2. The summed E-state index contributed by atoms with van der Waals surface area (Å²) in [4.78, 5) is 28.3. The molecule has 0 saturated heterocycles. The lowest BCUT2D eigenvalue weighted by Gasteiger charge is -2.15. The van der Waals surface area contributed by atoms with E-state index in [2.05, 4.69) is 4.98 Å². The topological polar surface area (TPSA) is 59.5 Å². The van der Waals surface area contributed by atoms with Crippen LogP contribution in [0, 0.1) is 17.5 Å². The van der Waals surface area contributed by atoms with Gasteiger partial charge in [-0.1, -0.05) is 0 Å². The first-order valence-electron chi connectivity index (χ1n) is 7.16. The lowest BCUT2D eigenvalue weighted by Crippen LogP contribution is -2.33. The molecule has 0 fully saturated rings. The molecule has 0 N–H and O–H groups in total. The van der Waals surface area contributed by atoms with Gasteiger partial charge >= 0.3 is 5.97 Å². The van der Waals surface area contributed by atoms with E-state index in [4.69, 9.17) is 4.74 Å². The Labute approximate surface area is 140 Å². The number of aromatic nitrogens is 1. The zero-order valence-electron chi connectivity index (χ0n) is 13.1. The minimum Gasteiger partial charge on any atom is -0.465 e. The van der Waals surface area contributed by atoms with Crippen LogP contribution in [0.4, 0.5) is 13.2 Å². The molecule has 24 heavy (non-hydrogen) atoms. The van der Waals surface area contributed by atoms with E-state index in [1.807, 2.05) is 0 Å². The van der Waals surface area contributed by atoms with E-state index >= 15 is 0 Å². The molecule has 0 spiro atoms. The summed E-state index contributed by atoms with van der Waals surface area (Å²) in [6, 6.07) is 0.470. The van der Waals surface area contributed by atoms with Gasteiger partial charge in [0.1, 0.15) is 17.9 Å². The molecule has 0 bridgehead atoms. The van der Waals surface area contributed by atoms with Crippen LogP contribution in [-0.4, -0.2) is 42.0 Å². The van der Waals surface area contributed by atoms with Crippen molar-refractivity contribution >= 4 is 33.4 Å². The average molecular weight is 360 g/mol. The lowest BCUT2D eigenvalue weighted by molar-refractivity contribution is -0.148. The van der Waals surface area contributed by atoms with Gasteiger partial charge in [-0.25, -0.2) is 18.2 Å². The molecular weight excluding hydrogens is 345 g/mol. The summed E-state index contributed by atoms with van der Waals surface area (Å²) in [5.74, 6) is -4.26. The number of amides is 1. The van der Waals surface area contributed by atoms with Crippen LogP contribution in [0.2, 0.25) is 0 Å². The second kappa shape index (κ2) is 7.61. The third-order valence-corrected chi connectivity index (χ3v) is 4.33. The second-order valence-corrected chi connectivity index (χ2v) is 6.08. The van der Waals surface area contributed by atoms with Crippen molar-refractivity contribution in [1.29, 1.82) is 0 Å². The van der Waals surface area contributed by atoms with Gasteiger partial charge in [-0.3, -0.25) is 9.59 Å². The zero-order chi connectivity index (χ0) is 17.9. The van der Waals surface area contributed by atoms with Crippen LogP contribution in [0.3, 0.4) is 0 Å². The summed E-state index contributed by atoms with van der Waals surface area (Å²) in [5, 5.41) is 0.311. The predicted molar refractivity (Wildman–Crippen MR) is 82.1 cm³/mol. The molecule has 9 heteroatoms. The van der Waals surface area contributed by atoms with Gasteiger partial charge in [-0.2, -0.15) is 0 Å². The fourth-order valence-corrected chi connectivity index (χ4v) is 2.99. The number of likely N-dealkylation sites (N-methyl/N-ethyl adjacent to an activating group) is 1. The van der Waals surface area contributed by atoms with Crippen LogP contribution < -0.4 is 0 Å². The van der Waals surface area contributed by atoms with Gasteiger partial charge in [0.2, 0.25) is 5.91 Å². The smallest absolute Gasteiger partial charge is 0.325 e. The van der Waals surface area contributed by atoms with Crippen LogP contribution in [0.1, 0.15) is 18.4 Å². The largest absolute Gasteiger partial charge is 0.465 e. The Morgan fingerprint density at radius 1 is 1.29 bits per heavy atom. The van der Waals surface area contributed by atoms with E-state index in [0.29, 0.717) is 11.1 Å². The molecule has 1 aromatic carbocycles. The number of thiazole rings is 1. The van der Waals surface area contributed by atoms with Gasteiger partial charge in [0.25, 0.3) is 0 Å². The minimum atomic E-state index is -1.30. The number of carbonyl (C=O) groups excluding carboxylic acids is 2. The molecule has 2 rings (SSSR count). The molecule has 0 radical (unpaired) electrons. The number of hydrogen-bond donors (Lipinski definition) is 0. The number of benzene rings is 1. The molecule has 2 aromatic rings. The van der Waals surface area contributed by atoms with Crippen molar-refractivity contribution < 1.29 is 27.5 Å². The number of ether oxygens (including phenoxy) is 1. The normalized spacial score (nSPS) is 10.9. The summed E-state index contributed by atoms with van der Waals surface area (Å²) >= 11 is 0.867. The molecule has 0 aliphatic carbocycles. The molecule has 0 saturated carbocycles. The number of hydrogen-bond acceptors (Lipinski definition) is 5. The molecule has 0 aliphatic heterocycles. The summed E-state index contributed by atoms with van der Waals surface area (Å²) < 4.78 is 45.1. The van der Waals surface area contributed by atoms with Gasteiger partial charge < -0.3 is 9.64 Å². The number of halogens is 3. The third-order valence-electron chi connectivity index (χ3n) is 3.21. The average Bonchev–Trinajstić information content (AvgIpc) is 2.95. The van der Waals surface area contributed by atoms with Gasteiger partial charge in [0.05, 0.1) is 16.3 Å². The highest BCUT2D eigenvalue weighted by molar-refractivity contribution is 7.18. The Morgan fingerprint density at radius 3 is 2.67 bits per heavy atom. The quantitative estimate of drug-likeness (QED) is 0.587. The van der Waals surface area contributed by atoms with Crippen molar-refractivity contribution in [3.8, 4) is 0 Å². The molecular formula is C15H15F3N2O3S. The first-order valence-corrected chi connectivity index (χ1v) is 7.97. The number of esters is 1. The Bertz CT molecular complexity index is 779. The van der Waals surface area contributed by atoms with E-state index in [1.165, 1.54) is 11.9 Å². The fourth-order valence-electron chi connectivity index (χ4n) is 2.03. The van der Waals surface area contributed by atoms with Crippen molar-refractivity contribution in [2.45, 2.75) is 19.8 Å². The van der Waals surface area contributed by atoms with E-state index in [0.717, 1.165) is 11.3 Å². The maximum Gasteiger partial charge on any atom is 0.325 e. The highest BCUT2D eigenvalue weighted by atomic mass is 32.1. The second-order valence-electron chi connectivity index (χ2n) is 4.99. The molecule has 1 aromatic heterocycles. The number of fused-ring (bicyclic) bond motifs is 1. The van der Waals surface area contributed by atoms with Crippen LogP contribution in [0.15, 0.2) is 6.07 Å². The Kier molecular flexibility index (Phi) is 5.76. The first kappa shape index (κ1) is 18.2. The lowest BCUT2D eigenvalue weighted by atomic mass is 10.3. The maximum atomic E-state index is 13.6. The van der Waals surface area contributed by atoms with Gasteiger partial charge in [0, 0.05) is 26.0 Å². The summed E-state index contributed by atoms with van der Waals surface area (Å²) in [7, 11) is 1.45. The summed E-state index contributed by atoms with van der Waals surface area (Å²) in [5.41, 5.74) is -0.375. The van der Waals surface area contributed by atoms with Crippen molar-refractivity contribution in [3.05, 3.63) is 28.5 Å². The Morgan fingerprint density at radius 2 is 2.00 bits per heavy atom. The third kappa shape index (κ3) is 4.02. The number of rotatable bonds is 6. The molecule has 1 heterocycles. The maximum absolute atomic E-state index is 13.6. The van der Waals surface area contributed by atoms with E-state index in [9.17, 15) is 22.8 Å². The summed E-state index contributed by atoms with van der Waals surface area (Å²) in [6.45, 7) is 1.70. The Balaban J connectivity index is 2.03. The predicted octanol–water partition coefficient (Wildman–Crippen LogP) is 2.67. The van der Waals surface area contributed by atoms with Crippen LogP contribution in [-0.2, 0) is 20.7 Å². The number of nitrogens with zero attached hydrogens (tertiary/aromatic N) is 2. The number of aryl methyl sites for hydroxylation is 1. The van der Waals surface area contributed by atoms with Crippen LogP contribution in [0.25, 0.3) is 10.2 Å². The van der Waals surface area contributed by atoms with Gasteiger partial charge in [-0.05, 0) is 6.92 Å². The molecule has 130 valence electrons. The highest BCUT2D eigenvalue weighted by Gasteiger charge is 2.19. The highest BCUT2D eigenvalue weighted by Crippen LogP contribution is 2.29. The molecule has 5 nitrogen and oxygen atoms in total. The fraction of sp³-hybridized carbons (Fsp3) is 0.400. The van der Waals surface area contributed by atoms with E-state index in [1.54, 1.807) is 6.92 Å². The van der Waals surface area contributed by atoms with Crippen molar-refractivity contribution in [2.75, 3.05) is 20.2 Å². The molecule has 0 aliphatic rings. The standard InChI is InChI=1S/C15H15F3N2O3S/c1-3-23-12(22)7-20(2)11(21)5-4-10-19-14-13(18)8(16)6-9(17)15(14)24-10/h6H,3-5,7H2,1-2H3. The SMILES string of the molecule is CCOC(=O)CN(C)C(=O)CCc1nc2c(F)c(F)cc(F)c2s1. The minimum absolute atomic E-state index is 0.00144. The first-order chi connectivity index (χ1) is 11.3. The van der Waals surface area contributed by atoms with Crippen molar-refractivity contribution in [1.82, 2.24) is 9.88 Å². The van der Waals surface area contributed by atoms with Crippen molar-refractivity contribution in [3.63, 3.8) is 0 Å². The summed E-state index contributed by atoms with van der Waals surface area (Å²) in [6.07, 6.45) is 0.132. The zero-order valence-corrected chi connectivity index (χ0v) is 13.9. The van der Waals surface area contributed by atoms with Crippen molar-refractivity contribution in [2.24, 2.45) is 0 Å². The molecule has 1 amide bonds. The van der Waals surface area contributed by atoms with Gasteiger partial charge in [-0.15, -0.1) is 11.3 Å². The van der Waals surface area contributed by atoms with Crippen LogP contribution >= 0.6 is 11.3 Å². The van der Waals surface area contributed by atoms with E-state index < -0.39 is 23.4 Å². The van der Waals surface area contributed by atoms with Crippen LogP contribution in [0.5, 0.6) is 0 Å². The van der Waals surface area contributed by atoms with E-state index in [-0.39, 0.29) is 42.1 Å².